The predicted octanol–water partition coefficient (Wildman–Crippen LogP) is 5.27. The van der Waals surface area contributed by atoms with Gasteiger partial charge in [0.25, 0.3) is 0 Å². The SMILES string of the molecule is CC(Oc1ccc(N2CCC3(CCN(C(=O)CC(C)(C)C)CC3)C2)cc1)C(F)(F)F. The van der Waals surface area contributed by atoms with Gasteiger partial charge >= 0.3 is 6.18 Å². The van der Waals surface area contributed by atoms with Crippen LogP contribution in [0.5, 0.6) is 5.75 Å². The molecule has 2 saturated heterocycles. The molecular weight excluding hydrogens is 393 g/mol. The molecule has 2 aliphatic rings. The zero-order chi connectivity index (χ0) is 22.2. The first-order chi connectivity index (χ1) is 13.9. The average Bonchev–Trinajstić information content (AvgIpc) is 3.04. The van der Waals surface area contributed by atoms with Crippen LogP contribution in [0, 0.1) is 10.8 Å². The number of likely N-dealkylation sites (tertiary alicyclic amines) is 1. The minimum atomic E-state index is -4.37. The Hall–Kier alpha value is -1.92. The van der Waals surface area contributed by atoms with Gasteiger partial charge in [0.05, 0.1) is 0 Å². The van der Waals surface area contributed by atoms with E-state index in [4.69, 9.17) is 4.74 Å². The molecule has 0 bridgehead atoms. The maximum Gasteiger partial charge on any atom is 0.425 e. The van der Waals surface area contributed by atoms with E-state index in [1.807, 2.05) is 17.0 Å². The molecule has 0 aliphatic carbocycles. The molecule has 1 spiro atoms. The first kappa shape index (κ1) is 22.8. The number of anilines is 1. The number of hydrogen-bond acceptors (Lipinski definition) is 3. The van der Waals surface area contributed by atoms with E-state index in [9.17, 15) is 18.0 Å². The highest BCUT2D eigenvalue weighted by molar-refractivity contribution is 5.77. The summed E-state index contributed by atoms with van der Waals surface area (Å²) < 4.78 is 43.0. The van der Waals surface area contributed by atoms with Gasteiger partial charge in [0.15, 0.2) is 6.10 Å². The quantitative estimate of drug-likeness (QED) is 0.657. The molecule has 1 atom stereocenters. The zero-order valence-electron chi connectivity index (χ0n) is 18.4. The summed E-state index contributed by atoms with van der Waals surface area (Å²) in [4.78, 5) is 16.8. The summed E-state index contributed by atoms with van der Waals surface area (Å²) in [6, 6.07) is 6.88. The highest BCUT2D eigenvalue weighted by Crippen LogP contribution is 2.42. The predicted molar refractivity (Wildman–Crippen MR) is 112 cm³/mol. The van der Waals surface area contributed by atoms with Crippen molar-refractivity contribution in [1.29, 1.82) is 0 Å². The van der Waals surface area contributed by atoms with Crippen LogP contribution in [0.3, 0.4) is 0 Å². The summed E-state index contributed by atoms with van der Waals surface area (Å²) in [5.74, 6) is 0.471. The average molecular weight is 427 g/mol. The van der Waals surface area contributed by atoms with E-state index in [1.165, 1.54) is 0 Å². The minimum Gasteiger partial charge on any atom is -0.481 e. The molecule has 7 heteroatoms. The lowest BCUT2D eigenvalue weighted by atomic mass is 9.77. The van der Waals surface area contributed by atoms with Crippen molar-refractivity contribution >= 4 is 11.6 Å². The third-order valence-corrected chi connectivity index (χ3v) is 6.27. The molecule has 2 heterocycles. The molecule has 3 rings (SSSR count). The van der Waals surface area contributed by atoms with Crippen molar-refractivity contribution in [2.24, 2.45) is 10.8 Å². The molecule has 30 heavy (non-hydrogen) atoms. The van der Waals surface area contributed by atoms with Gasteiger partial charge in [-0.25, -0.2) is 0 Å². The normalized spacial score (nSPS) is 20.5. The van der Waals surface area contributed by atoms with Crippen LogP contribution >= 0.6 is 0 Å². The van der Waals surface area contributed by atoms with Crippen molar-refractivity contribution in [1.82, 2.24) is 4.90 Å². The Morgan fingerprint density at radius 3 is 2.17 bits per heavy atom. The summed E-state index contributed by atoms with van der Waals surface area (Å²) in [7, 11) is 0. The molecule has 1 aromatic carbocycles. The lowest BCUT2D eigenvalue weighted by Crippen LogP contribution is -2.45. The molecule has 1 unspecified atom stereocenters. The Morgan fingerprint density at radius 1 is 1.07 bits per heavy atom. The van der Waals surface area contributed by atoms with E-state index < -0.39 is 12.3 Å². The first-order valence-electron chi connectivity index (χ1n) is 10.7. The van der Waals surface area contributed by atoms with Gasteiger partial charge in [-0.1, -0.05) is 20.8 Å². The summed E-state index contributed by atoms with van der Waals surface area (Å²) in [6.07, 6.45) is -2.54. The summed E-state index contributed by atoms with van der Waals surface area (Å²) in [6.45, 7) is 10.7. The van der Waals surface area contributed by atoms with Gasteiger partial charge < -0.3 is 14.5 Å². The van der Waals surface area contributed by atoms with E-state index in [2.05, 4.69) is 25.7 Å². The van der Waals surface area contributed by atoms with Crippen LogP contribution in [0.1, 0.15) is 53.4 Å². The van der Waals surface area contributed by atoms with Crippen LogP contribution in [0.2, 0.25) is 0 Å². The summed E-state index contributed by atoms with van der Waals surface area (Å²) >= 11 is 0. The molecule has 2 aliphatic heterocycles. The third kappa shape index (κ3) is 5.61. The standard InChI is InChI=1S/C23H33F3N2O2/c1-17(23(24,25)26)30-19-7-5-18(6-8-19)28-14-11-22(16-28)9-12-27(13-10-22)20(29)15-21(2,3)4/h5-8,17H,9-16H2,1-4H3. The second-order valence-electron chi connectivity index (χ2n) is 10.1. The van der Waals surface area contributed by atoms with Crippen molar-refractivity contribution in [3.63, 3.8) is 0 Å². The van der Waals surface area contributed by atoms with E-state index in [1.54, 1.807) is 12.1 Å². The molecule has 1 amide bonds. The van der Waals surface area contributed by atoms with Crippen LogP contribution in [0.4, 0.5) is 18.9 Å². The molecular formula is C23H33F3N2O2. The maximum absolute atomic E-state index is 12.7. The van der Waals surface area contributed by atoms with Gasteiger partial charge in [-0.3, -0.25) is 4.79 Å². The molecule has 0 radical (unpaired) electrons. The van der Waals surface area contributed by atoms with Crippen LogP contribution in [0.15, 0.2) is 24.3 Å². The van der Waals surface area contributed by atoms with Gasteiger partial charge in [0, 0.05) is 38.3 Å². The fourth-order valence-electron chi connectivity index (χ4n) is 4.37. The number of carbonyl (C=O) groups is 1. The Balaban J connectivity index is 1.54. The Labute approximate surface area is 177 Å². The minimum absolute atomic E-state index is 0.00411. The van der Waals surface area contributed by atoms with Crippen molar-refractivity contribution in [2.45, 2.75) is 65.7 Å². The van der Waals surface area contributed by atoms with Gasteiger partial charge in [-0.2, -0.15) is 13.2 Å². The number of amides is 1. The number of rotatable bonds is 4. The number of ether oxygens (including phenoxy) is 1. The maximum atomic E-state index is 12.7. The van der Waals surface area contributed by atoms with Crippen LogP contribution in [-0.4, -0.2) is 49.3 Å². The molecule has 0 N–H and O–H groups in total. The van der Waals surface area contributed by atoms with Crippen molar-refractivity contribution in [3.8, 4) is 5.75 Å². The first-order valence-corrected chi connectivity index (χ1v) is 10.7. The van der Waals surface area contributed by atoms with E-state index in [0.717, 1.165) is 58.1 Å². The topological polar surface area (TPSA) is 32.8 Å². The summed E-state index contributed by atoms with van der Waals surface area (Å²) in [5, 5.41) is 0. The van der Waals surface area contributed by atoms with Crippen molar-refractivity contribution in [2.75, 3.05) is 31.1 Å². The summed E-state index contributed by atoms with van der Waals surface area (Å²) in [5.41, 5.74) is 1.23. The molecule has 0 aromatic heterocycles. The van der Waals surface area contributed by atoms with Gasteiger partial charge in [0.1, 0.15) is 5.75 Å². The van der Waals surface area contributed by atoms with E-state index in [-0.39, 0.29) is 22.5 Å². The van der Waals surface area contributed by atoms with Crippen LogP contribution in [0.25, 0.3) is 0 Å². The number of halogens is 3. The van der Waals surface area contributed by atoms with Crippen molar-refractivity contribution < 1.29 is 22.7 Å². The zero-order valence-corrected chi connectivity index (χ0v) is 18.4. The van der Waals surface area contributed by atoms with E-state index >= 15 is 0 Å². The smallest absolute Gasteiger partial charge is 0.425 e. The molecule has 1 aromatic rings. The largest absolute Gasteiger partial charge is 0.481 e. The number of piperidine rings is 1. The number of benzene rings is 1. The second kappa shape index (κ2) is 8.31. The fourth-order valence-corrected chi connectivity index (χ4v) is 4.37. The Morgan fingerprint density at radius 2 is 1.63 bits per heavy atom. The van der Waals surface area contributed by atoms with Gasteiger partial charge in [-0.05, 0) is 61.3 Å². The van der Waals surface area contributed by atoms with Gasteiger partial charge in [-0.15, -0.1) is 0 Å². The third-order valence-electron chi connectivity index (χ3n) is 6.27. The fraction of sp³-hybridized carbons (Fsp3) is 0.696. The highest BCUT2D eigenvalue weighted by atomic mass is 19.4. The number of nitrogens with zero attached hydrogens (tertiary/aromatic N) is 2. The molecule has 4 nitrogen and oxygen atoms in total. The lowest BCUT2D eigenvalue weighted by Gasteiger charge is -2.40. The van der Waals surface area contributed by atoms with Gasteiger partial charge in [0.2, 0.25) is 5.91 Å². The molecule has 2 fully saturated rings. The van der Waals surface area contributed by atoms with Crippen LogP contribution in [-0.2, 0) is 4.79 Å². The number of alkyl halides is 3. The lowest BCUT2D eigenvalue weighted by molar-refractivity contribution is -0.189. The Bertz CT molecular complexity index is 732. The molecule has 168 valence electrons. The monoisotopic (exact) mass is 426 g/mol. The Kier molecular flexibility index (Phi) is 6.30. The second-order valence-corrected chi connectivity index (χ2v) is 10.1. The van der Waals surface area contributed by atoms with E-state index in [0.29, 0.717) is 6.42 Å². The number of carbonyl (C=O) groups excluding carboxylic acids is 1. The molecule has 0 saturated carbocycles. The highest BCUT2D eigenvalue weighted by Gasteiger charge is 2.42. The number of hydrogen-bond donors (Lipinski definition) is 0. The van der Waals surface area contributed by atoms with Crippen molar-refractivity contribution in [3.05, 3.63) is 24.3 Å². The van der Waals surface area contributed by atoms with Crippen LogP contribution < -0.4 is 9.64 Å².